The van der Waals surface area contributed by atoms with Crippen molar-refractivity contribution >= 4 is 27.3 Å². The van der Waals surface area contributed by atoms with Gasteiger partial charge in [0.05, 0.1) is 19.8 Å². The molecular formula is C10H16BrNO2S. The fraction of sp³-hybridized carbons (Fsp3) is 0.600. The van der Waals surface area contributed by atoms with Gasteiger partial charge in [0.1, 0.15) is 0 Å². The van der Waals surface area contributed by atoms with Crippen LogP contribution < -0.4 is 5.32 Å². The first-order valence-corrected chi connectivity index (χ1v) is 6.57. The van der Waals surface area contributed by atoms with Crippen LogP contribution in [0.15, 0.2) is 15.9 Å². The lowest BCUT2D eigenvalue weighted by Crippen LogP contribution is -2.23. The molecular weight excluding hydrogens is 278 g/mol. The van der Waals surface area contributed by atoms with Gasteiger partial charge in [-0.2, -0.15) is 0 Å². The lowest BCUT2D eigenvalue weighted by molar-refractivity contribution is 0.0929. The first kappa shape index (κ1) is 13.1. The van der Waals surface area contributed by atoms with Crippen molar-refractivity contribution in [3.05, 3.63) is 20.8 Å². The van der Waals surface area contributed by atoms with Gasteiger partial charge in [-0.15, -0.1) is 11.3 Å². The number of nitrogens with one attached hydrogen (secondary N) is 1. The van der Waals surface area contributed by atoms with Crippen molar-refractivity contribution in [2.24, 2.45) is 0 Å². The molecule has 3 nitrogen and oxygen atoms in total. The van der Waals surface area contributed by atoms with Crippen molar-refractivity contribution < 1.29 is 9.84 Å². The number of halogens is 1. The second-order valence-corrected chi connectivity index (χ2v) is 5.04. The van der Waals surface area contributed by atoms with Crippen molar-refractivity contribution in [3.63, 3.8) is 0 Å². The van der Waals surface area contributed by atoms with Crippen LogP contribution in [0.3, 0.4) is 0 Å². The summed E-state index contributed by atoms with van der Waals surface area (Å²) in [4.78, 5) is 1.31. The van der Waals surface area contributed by atoms with Crippen molar-refractivity contribution in [3.8, 4) is 0 Å². The number of hydrogen-bond acceptors (Lipinski definition) is 4. The molecule has 1 heterocycles. The first-order chi connectivity index (χ1) is 7.24. The minimum atomic E-state index is 0.0907. The van der Waals surface area contributed by atoms with E-state index in [0.717, 1.165) is 11.0 Å². The second kappa shape index (κ2) is 7.35. The molecule has 86 valence electrons. The Bertz CT molecular complexity index is 280. The second-order valence-electron chi connectivity index (χ2n) is 3.18. The molecule has 0 aliphatic rings. The summed E-state index contributed by atoms with van der Waals surface area (Å²) in [6, 6.07) is 2.47. The molecule has 1 rings (SSSR count). The summed E-state index contributed by atoms with van der Waals surface area (Å²) in [5.41, 5.74) is 0. The fourth-order valence-corrected chi connectivity index (χ4v) is 2.65. The number of thiophene rings is 1. The van der Waals surface area contributed by atoms with Crippen LogP contribution in [0.1, 0.15) is 17.8 Å². The lowest BCUT2D eigenvalue weighted by Gasteiger charge is -2.11. The van der Waals surface area contributed by atoms with E-state index in [1.54, 1.807) is 11.3 Å². The number of aliphatic hydroxyl groups is 1. The topological polar surface area (TPSA) is 41.5 Å². The zero-order valence-electron chi connectivity index (χ0n) is 8.70. The molecule has 0 aliphatic carbocycles. The number of aliphatic hydroxyl groups excluding tert-OH is 1. The van der Waals surface area contributed by atoms with Gasteiger partial charge in [-0.1, -0.05) is 0 Å². The Morgan fingerprint density at radius 2 is 2.40 bits per heavy atom. The van der Waals surface area contributed by atoms with E-state index in [1.807, 2.05) is 0 Å². The monoisotopic (exact) mass is 293 g/mol. The highest BCUT2D eigenvalue weighted by Crippen LogP contribution is 2.24. The zero-order chi connectivity index (χ0) is 11.1. The van der Waals surface area contributed by atoms with E-state index in [0.29, 0.717) is 19.3 Å². The van der Waals surface area contributed by atoms with E-state index in [1.165, 1.54) is 4.88 Å². The molecule has 0 saturated carbocycles. The van der Waals surface area contributed by atoms with Crippen LogP contribution in [0.2, 0.25) is 0 Å². The molecule has 0 fully saturated rings. The Kier molecular flexibility index (Phi) is 6.43. The highest BCUT2D eigenvalue weighted by molar-refractivity contribution is 9.10. The largest absolute Gasteiger partial charge is 0.394 e. The molecule has 0 aromatic carbocycles. The Morgan fingerprint density at radius 1 is 1.60 bits per heavy atom. The quantitative estimate of drug-likeness (QED) is 0.757. The van der Waals surface area contributed by atoms with Gasteiger partial charge in [0.2, 0.25) is 0 Å². The van der Waals surface area contributed by atoms with Crippen molar-refractivity contribution in [2.45, 2.75) is 13.0 Å². The van der Waals surface area contributed by atoms with Gasteiger partial charge < -0.3 is 15.2 Å². The van der Waals surface area contributed by atoms with Crippen LogP contribution in [0.4, 0.5) is 0 Å². The molecule has 2 N–H and O–H groups in total. The van der Waals surface area contributed by atoms with E-state index >= 15 is 0 Å². The Labute approximate surface area is 103 Å². The molecule has 5 heteroatoms. The van der Waals surface area contributed by atoms with Gasteiger partial charge in [0, 0.05) is 27.3 Å². The van der Waals surface area contributed by atoms with Crippen LogP contribution in [0.5, 0.6) is 0 Å². The third-order valence-corrected chi connectivity index (χ3v) is 3.82. The maximum absolute atomic E-state index is 8.51. The van der Waals surface area contributed by atoms with E-state index in [-0.39, 0.29) is 6.61 Å². The molecule has 0 aliphatic heterocycles. The summed E-state index contributed by atoms with van der Waals surface area (Å²) in [6.45, 7) is 4.08. The van der Waals surface area contributed by atoms with Crippen LogP contribution in [-0.4, -0.2) is 31.5 Å². The van der Waals surface area contributed by atoms with E-state index < -0.39 is 0 Å². The van der Waals surface area contributed by atoms with Crippen LogP contribution in [0, 0.1) is 0 Å². The van der Waals surface area contributed by atoms with Gasteiger partial charge in [-0.05, 0) is 28.9 Å². The van der Waals surface area contributed by atoms with Gasteiger partial charge in [0.15, 0.2) is 0 Å². The Morgan fingerprint density at radius 3 is 3.00 bits per heavy atom. The third kappa shape index (κ3) is 5.08. The molecule has 0 amide bonds. The molecule has 0 saturated heterocycles. The maximum atomic E-state index is 8.51. The van der Waals surface area contributed by atoms with Crippen molar-refractivity contribution in [1.82, 2.24) is 5.32 Å². The summed E-state index contributed by atoms with van der Waals surface area (Å²) in [5, 5.41) is 13.9. The predicted molar refractivity (Wildman–Crippen MR) is 66.3 cm³/mol. The number of hydrogen-bond donors (Lipinski definition) is 2. The zero-order valence-corrected chi connectivity index (χ0v) is 11.1. The smallest absolute Gasteiger partial charge is 0.0698 e. The van der Waals surface area contributed by atoms with Crippen LogP contribution in [-0.2, 0) is 4.74 Å². The third-order valence-electron chi connectivity index (χ3n) is 1.95. The number of rotatable bonds is 7. The summed E-state index contributed by atoms with van der Waals surface area (Å²) < 4.78 is 6.29. The standard InChI is InChI=1S/C10H16BrNO2S/c1-8(10-6-9(11)7-15-10)12-2-4-14-5-3-13/h6-8,12-13H,2-5H2,1H3. The molecule has 1 aromatic heterocycles. The molecule has 15 heavy (non-hydrogen) atoms. The summed E-state index contributed by atoms with van der Waals surface area (Å²) in [7, 11) is 0. The van der Waals surface area contributed by atoms with Crippen LogP contribution >= 0.6 is 27.3 Å². The molecule has 1 unspecified atom stereocenters. The van der Waals surface area contributed by atoms with Crippen LogP contribution in [0.25, 0.3) is 0 Å². The fourth-order valence-electron chi connectivity index (χ4n) is 1.17. The maximum Gasteiger partial charge on any atom is 0.0698 e. The van der Waals surface area contributed by atoms with E-state index in [9.17, 15) is 0 Å². The van der Waals surface area contributed by atoms with Gasteiger partial charge in [-0.25, -0.2) is 0 Å². The highest BCUT2D eigenvalue weighted by atomic mass is 79.9. The Hall–Kier alpha value is 0.0600. The van der Waals surface area contributed by atoms with Crippen molar-refractivity contribution in [1.29, 1.82) is 0 Å². The summed E-state index contributed by atoms with van der Waals surface area (Å²) in [5.74, 6) is 0. The minimum Gasteiger partial charge on any atom is -0.394 e. The molecule has 1 atom stereocenters. The van der Waals surface area contributed by atoms with Gasteiger partial charge >= 0.3 is 0 Å². The minimum absolute atomic E-state index is 0.0907. The molecule has 0 radical (unpaired) electrons. The molecule has 0 bridgehead atoms. The summed E-state index contributed by atoms with van der Waals surface area (Å²) >= 11 is 5.17. The Balaban J connectivity index is 2.16. The van der Waals surface area contributed by atoms with E-state index in [2.05, 4.69) is 39.6 Å². The van der Waals surface area contributed by atoms with Gasteiger partial charge in [0.25, 0.3) is 0 Å². The normalized spacial score (nSPS) is 13.0. The van der Waals surface area contributed by atoms with Crippen molar-refractivity contribution in [2.75, 3.05) is 26.4 Å². The average molecular weight is 294 g/mol. The van der Waals surface area contributed by atoms with Gasteiger partial charge in [-0.3, -0.25) is 0 Å². The number of ether oxygens (including phenoxy) is 1. The average Bonchev–Trinajstić information content (AvgIpc) is 2.64. The van der Waals surface area contributed by atoms with E-state index in [4.69, 9.17) is 9.84 Å². The highest BCUT2D eigenvalue weighted by Gasteiger charge is 2.06. The lowest BCUT2D eigenvalue weighted by atomic mass is 10.3. The SMILES string of the molecule is CC(NCCOCCO)c1cc(Br)cs1. The summed E-state index contributed by atoms with van der Waals surface area (Å²) in [6.07, 6.45) is 0. The predicted octanol–water partition coefficient (Wildman–Crippen LogP) is 2.17. The molecule has 1 aromatic rings. The molecule has 0 spiro atoms. The first-order valence-electron chi connectivity index (χ1n) is 4.90.